The number of ether oxygens (including phenoxy) is 1. The summed E-state index contributed by atoms with van der Waals surface area (Å²) in [6, 6.07) is 8.35. The van der Waals surface area contributed by atoms with Crippen LogP contribution in [0.1, 0.15) is 45.2 Å². The monoisotopic (exact) mass is 324 g/mol. The van der Waals surface area contributed by atoms with E-state index in [1.54, 1.807) is 0 Å². The third kappa shape index (κ3) is 4.85. The van der Waals surface area contributed by atoms with Crippen molar-refractivity contribution in [3.05, 3.63) is 28.2 Å². The zero-order chi connectivity index (χ0) is 14.3. The van der Waals surface area contributed by atoms with Crippen LogP contribution in [-0.2, 0) is 0 Å². The molecule has 0 aromatic heterocycles. The summed E-state index contributed by atoms with van der Waals surface area (Å²) in [6.07, 6.45) is 1.37. The first-order valence-electron chi connectivity index (χ1n) is 6.71. The number of nitrogens with zero attached hydrogens (tertiary/aromatic N) is 1. The Balaban J connectivity index is 2.94. The average Bonchev–Trinajstić information content (AvgIpc) is 2.42. The predicted octanol–water partition coefficient (Wildman–Crippen LogP) is 4.19. The molecule has 4 heteroatoms. The molecule has 0 spiro atoms. The SMILES string of the molecule is CCCNC(C)c1ccc(Br)cc1OC(C#N)CC. The van der Waals surface area contributed by atoms with Gasteiger partial charge in [-0.05, 0) is 38.4 Å². The van der Waals surface area contributed by atoms with E-state index in [0.717, 1.165) is 28.8 Å². The van der Waals surface area contributed by atoms with E-state index in [1.165, 1.54) is 0 Å². The number of rotatable bonds is 7. The van der Waals surface area contributed by atoms with Gasteiger partial charge in [0.15, 0.2) is 6.10 Å². The van der Waals surface area contributed by atoms with Crippen LogP contribution in [-0.4, -0.2) is 12.6 Å². The summed E-state index contributed by atoms with van der Waals surface area (Å²) in [5.74, 6) is 0.777. The van der Waals surface area contributed by atoms with E-state index < -0.39 is 6.10 Å². The number of nitriles is 1. The van der Waals surface area contributed by atoms with Crippen molar-refractivity contribution in [2.75, 3.05) is 6.54 Å². The molecule has 3 nitrogen and oxygen atoms in total. The molecule has 1 N–H and O–H groups in total. The average molecular weight is 325 g/mol. The molecule has 2 unspecified atom stereocenters. The maximum atomic E-state index is 9.03. The summed E-state index contributed by atoms with van der Waals surface area (Å²) < 4.78 is 6.75. The quantitative estimate of drug-likeness (QED) is 0.817. The highest BCUT2D eigenvalue weighted by Crippen LogP contribution is 2.29. The van der Waals surface area contributed by atoms with Gasteiger partial charge in [0.05, 0.1) is 0 Å². The molecule has 0 bridgehead atoms. The van der Waals surface area contributed by atoms with Crippen LogP contribution in [0.2, 0.25) is 0 Å². The molecule has 0 heterocycles. The van der Waals surface area contributed by atoms with Gasteiger partial charge in [-0.2, -0.15) is 5.26 Å². The minimum absolute atomic E-state index is 0.208. The molecular formula is C15H21BrN2O. The lowest BCUT2D eigenvalue weighted by atomic mass is 10.1. The third-order valence-corrected chi connectivity index (χ3v) is 3.42. The summed E-state index contributed by atoms with van der Waals surface area (Å²) in [5, 5.41) is 12.5. The Kier molecular flexibility index (Phi) is 6.90. The fourth-order valence-corrected chi connectivity index (χ4v) is 2.13. The lowest BCUT2D eigenvalue weighted by Crippen LogP contribution is -2.21. The molecule has 1 rings (SSSR count). The molecule has 2 atom stereocenters. The minimum Gasteiger partial charge on any atom is -0.475 e. The Bertz CT molecular complexity index is 442. The van der Waals surface area contributed by atoms with Gasteiger partial charge >= 0.3 is 0 Å². The van der Waals surface area contributed by atoms with Gasteiger partial charge in [0.25, 0.3) is 0 Å². The normalized spacial score (nSPS) is 13.6. The zero-order valence-corrected chi connectivity index (χ0v) is 13.3. The van der Waals surface area contributed by atoms with Gasteiger partial charge < -0.3 is 10.1 Å². The summed E-state index contributed by atoms with van der Waals surface area (Å²) in [5.41, 5.74) is 1.09. The molecule has 0 radical (unpaired) electrons. The number of nitrogens with one attached hydrogen (secondary N) is 1. The molecule has 19 heavy (non-hydrogen) atoms. The van der Waals surface area contributed by atoms with E-state index in [-0.39, 0.29) is 6.04 Å². The molecular weight excluding hydrogens is 304 g/mol. The number of benzene rings is 1. The summed E-state index contributed by atoms with van der Waals surface area (Å²) >= 11 is 3.45. The summed E-state index contributed by atoms with van der Waals surface area (Å²) in [6.45, 7) is 7.16. The molecule has 0 aliphatic rings. The van der Waals surface area contributed by atoms with Gasteiger partial charge in [0, 0.05) is 16.1 Å². The second kappa shape index (κ2) is 8.19. The van der Waals surface area contributed by atoms with Gasteiger partial charge in [0.2, 0.25) is 0 Å². The van der Waals surface area contributed by atoms with Crippen LogP contribution in [0.25, 0.3) is 0 Å². The Morgan fingerprint density at radius 3 is 2.74 bits per heavy atom. The highest BCUT2D eigenvalue weighted by molar-refractivity contribution is 9.10. The van der Waals surface area contributed by atoms with E-state index in [9.17, 15) is 0 Å². The van der Waals surface area contributed by atoms with Crippen molar-refractivity contribution in [1.29, 1.82) is 5.26 Å². The number of hydrogen-bond donors (Lipinski definition) is 1. The fourth-order valence-electron chi connectivity index (χ4n) is 1.79. The van der Waals surface area contributed by atoms with Crippen LogP contribution >= 0.6 is 15.9 Å². The maximum absolute atomic E-state index is 9.03. The third-order valence-electron chi connectivity index (χ3n) is 2.93. The van der Waals surface area contributed by atoms with Crippen molar-refractivity contribution < 1.29 is 4.74 Å². The molecule has 0 saturated heterocycles. The van der Waals surface area contributed by atoms with Crippen LogP contribution in [0.4, 0.5) is 0 Å². The molecule has 0 amide bonds. The second-order valence-corrected chi connectivity index (χ2v) is 5.42. The zero-order valence-electron chi connectivity index (χ0n) is 11.7. The number of hydrogen-bond acceptors (Lipinski definition) is 3. The van der Waals surface area contributed by atoms with Crippen molar-refractivity contribution in [1.82, 2.24) is 5.32 Å². The van der Waals surface area contributed by atoms with Gasteiger partial charge in [-0.15, -0.1) is 0 Å². The van der Waals surface area contributed by atoms with Crippen molar-refractivity contribution in [2.24, 2.45) is 0 Å². The summed E-state index contributed by atoms with van der Waals surface area (Å²) in [7, 11) is 0. The smallest absolute Gasteiger partial charge is 0.184 e. The minimum atomic E-state index is -0.397. The Hall–Kier alpha value is -1.05. The standard InChI is InChI=1S/C15H21BrN2O/c1-4-8-18-11(3)14-7-6-12(16)9-15(14)19-13(5-2)10-17/h6-7,9,11,13,18H,4-5,8H2,1-3H3. The van der Waals surface area contributed by atoms with E-state index in [4.69, 9.17) is 10.00 Å². The van der Waals surface area contributed by atoms with Gasteiger partial charge in [0.1, 0.15) is 11.8 Å². The molecule has 0 saturated carbocycles. The Morgan fingerprint density at radius 1 is 1.42 bits per heavy atom. The molecule has 1 aromatic rings. The van der Waals surface area contributed by atoms with Crippen LogP contribution in [0.15, 0.2) is 22.7 Å². The Labute approximate surface area is 124 Å². The van der Waals surface area contributed by atoms with Crippen molar-refractivity contribution in [2.45, 2.75) is 45.8 Å². The second-order valence-electron chi connectivity index (χ2n) is 4.50. The first-order valence-corrected chi connectivity index (χ1v) is 7.50. The molecule has 104 valence electrons. The van der Waals surface area contributed by atoms with Crippen molar-refractivity contribution in [3.8, 4) is 11.8 Å². The highest BCUT2D eigenvalue weighted by atomic mass is 79.9. The lowest BCUT2D eigenvalue weighted by Gasteiger charge is -2.20. The van der Waals surface area contributed by atoms with Crippen LogP contribution in [0.5, 0.6) is 5.75 Å². The first-order chi connectivity index (χ1) is 9.12. The van der Waals surface area contributed by atoms with Crippen molar-refractivity contribution >= 4 is 15.9 Å². The fraction of sp³-hybridized carbons (Fsp3) is 0.533. The van der Waals surface area contributed by atoms with Crippen LogP contribution in [0.3, 0.4) is 0 Å². The van der Waals surface area contributed by atoms with Crippen LogP contribution < -0.4 is 10.1 Å². The number of halogens is 1. The maximum Gasteiger partial charge on any atom is 0.184 e. The topological polar surface area (TPSA) is 45.0 Å². The van der Waals surface area contributed by atoms with Gasteiger partial charge in [-0.25, -0.2) is 0 Å². The van der Waals surface area contributed by atoms with Gasteiger partial charge in [-0.3, -0.25) is 0 Å². The molecule has 0 fully saturated rings. The summed E-state index contributed by atoms with van der Waals surface area (Å²) in [4.78, 5) is 0. The lowest BCUT2D eigenvalue weighted by molar-refractivity contribution is 0.247. The largest absolute Gasteiger partial charge is 0.475 e. The van der Waals surface area contributed by atoms with Crippen LogP contribution in [0, 0.1) is 11.3 Å². The van der Waals surface area contributed by atoms with E-state index >= 15 is 0 Å². The highest BCUT2D eigenvalue weighted by Gasteiger charge is 2.15. The Morgan fingerprint density at radius 2 is 2.16 bits per heavy atom. The van der Waals surface area contributed by atoms with E-state index in [0.29, 0.717) is 6.42 Å². The van der Waals surface area contributed by atoms with E-state index in [2.05, 4.69) is 41.2 Å². The molecule has 0 aliphatic carbocycles. The molecule has 1 aromatic carbocycles. The molecule has 0 aliphatic heterocycles. The predicted molar refractivity (Wildman–Crippen MR) is 81.2 cm³/mol. The van der Waals surface area contributed by atoms with Crippen molar-refractivity contribution in [3.63, 3.8) is 0 Å². The van der Waals surface area contributed by atoms with E-state index in [1.807, 2.05) is 25.1 Å². The first kappa shape index (κ1) is 16.0. The van der Waals surface area contributed by atoms with Gasteiger partial charge in [-0.1, -0.05) is 35.8 Å².